The molecule has 12 nitrogen and oxygen atoms in total. The molecule has 0 aromatic carbocycles. The van der Waals surface area contributed by atoms with Gasteiger partial charge in [0.05, 0.1) is 84.6 Å². The summed E-state index contributed by atoms with van der Waals surface area (Å²) in [6, 6.07) is 0. The highest BCUT2D eigenvalue weighted by molar-refractivity contribution is 7.40. The molecule has 0 aromatic rings. The van der Waals surface area contributed by atoms with Crippen LogP contribution in [0.25, 0.3) is 0 Å². The minimum Gasteiger partial charge on any atom is -1.00 e. The third kappa shape index (κ3) is 4410. The minimum absolute atomic E-state index is 0. The Morgan fingerprint density at radius 2 is 0.621 bits per heavy atom. The molecule has 0 rings (SSSR count). The van der Waals surface area contributed by atoms with E-state index in [1.807, 2.05) is 116 Å². The van der Waals surface area contributed by atoms with E-state index in [1.54, 1.807) is 6.92 Å². The topological polar surface area (TPSA) is 232 Å². The molecule has 192 valence electrons. The maximum Gasteiger partial charge on any atom is 0.0647 e. The van der Waals surface area contributed by atoms with Gasteiger partial charge in [-0.05, 0) is 0 Å². The molecule has 29 heavy (non-hydrogen) atoms. The molecule has 0 aliphatic heterocycles. The molecule has 0 unspecified atom stereocenters. The van der Waals surface area contributed by atoms with Gasteiger partial charge in [0.25, 0.3) is 0 Å². The Hall–Kier alpha value is 0.0800. The molecule has 0 heterocycles. The predicted octanol–water partition coefficient (Wildman–Crippen LogP) is -14.5. The Labute approximate surface area is 186 Å². The molecule has 0 aliphatic rings. The van der Waals surface area contributed by atoms with Crippen molar-refractivity contribution in [2.45, 2.75) is 19.6 Å². The molecule has 0 amide bonds. The summed E-state index contributed by atoms with van der Waals surface area (Å²) in [5.41, 5.74) is 0. The Morgan fingerprint density at radius 3 is 0.621 bits per heavy atom. The van der Waals surface area contributed by atoms with Crippen molar-refractivity contribution in [3.05, 3.63) is 0 Å². The van der Waals surface area contributed by atoms with Gasteiger partial charge in [-0.15, -0.1) is 0 Å². The zero-order chi connectivity index (χ0) is 25.0. The monoisotopic (exact) mass is 480 g/mol. The van der Waals surface area contributed by atoms with E-state index in [1.165, 1.54) is 0 Å². The lowest BCUT2D eigenvalue weighted by Gasteiger charge is -2.36. The predicted molar refractivity (Wildman–Crippen MR) is 104 cm³/mol. The van der Waals surface area contributed by atoms with Crippen molar-refractivity contribution < 1.29 is 73.8 Å². The fraction of sp³-hybridized carbons (Fsp3) is 1.00. The summed E-state index contributed by atoms with van der Waals surface area (Å²) in [4.78, 5) is 25.6. The van der Waals surface area contributed by atoms with E-state index in [2.05, 4.69) is 0 Å². The van der Waals surface area contributed by atoms with Crippen LogP contribution in [0.3, 0.4) is 0 Å². The lowest BCUT2D eigenvalue weighted by atomic mass is 10.5. The normalized spacial score (nSPS) is 7.41. The Balaban J connectivity index is -0.0000000227. The molecule has 0 aromatic heterocycles. The number of phosphoric acid groups is 1. The highest BCUT2D eigenvalue weighted by atomic mass is 35.5. The number of hydrogen-bond acceptors (Lipinski definition) is 6. The molecule has 0 saturated heterocycles. The van der Waals surface area contributed by atoms with Crippen LogP contribution >= 0.6 is 7.82 Å². The summed E-state index contributed by atoms with van der Waals surface area (Å²) in [5, 5.41) is 30.7. The summed E-state index contributed by atoms with van der Waals surface area (Å²) < 4.78 is 8.55. The molecule has 0 atom stereocenters. The Bertz CT molecular complexity index is 186. The second kappa shape index (κ2) is 79.6. The van der Waals surface area contributed by atoms with E-state index in [0.29, 0.717) is 0 Å². The van der Waals surface area contributed by atoms with Crippen LogP contribution in [0.15, 0.2) is 0 Å². The first-order valence-corrected chi connectivity index (χ1v) is 10.7. The van der Waals surface area contributed by atoms with Crippen molar-refractivity contribution in [1.82, 2.24) is 0 Å². The fourth-order valence-electron chi connectivity index (χ4n) is 0. The third-order valence-electron chi connectivity index (χ3n) is 0.333. The summed E-state index contributed by atoms with van der Waals surface area (Å²) in [5.74, 6) is 0. The molecule has 0 aliphatic carbocycles. The molecular formula is C15H54ClN6O6P. The average Bonchev–Trinajstić information content (AvgIpc) is 2.50. The first kappa shape index (κ1) is 56.9. The van der Waals surface area contributed by atoms with E-state index >= 15 is 0 Å². The van der Waals surface area contributed by atoms with E-state index in [4.69, 9.17) is 19.2 Å². The van der Waals surface area contributed by atoms with Gasteiger partial charge < -0.3 is 73.8 Å². The summed E-state index contributed by atoms with van der Waals surface area (Å²) >= 11 is 0. The standard InChI is InChI=1S/C3H6O2.6C2H7N.ClH.H3O4P/c1-2-3(4)5;6*1-3-2;;1-5(2,3)4/h3H,2H2,1H3;6*3H,1-2H3;1H;(H3,1,2,3,4)/q-2;;;;;;;;/p+2. The maximum atomic E-state index is 9.34. The van der Waals surface area contributed by atoms with Gasteiger partial charge in [-0.1, -0.05) is 13.3 Å². The number of halogens is 1. The summed E-state index contributed by atoms with van der Waals surface area (Å²) in [7, 11) is 18.6. The SMILES string of the molecule is CCC([O-])[O-].C[NH2+]C.C[NH2+]C.C[NH2+]C.C[NH2+]C.C[NH2+]C.C[NH2+]C.O=P([O-])([O-])[O-].[Cl-]. The van der Waals surface area contributed by atoms with Crippen LogP contribution < -0.4 is 69.2 Å². The highest BCUT2D eigenvalue weighted by Crippen LogP contribution is 2.03. The smallest absolute Gasteiger partial charge is 0.0647 e. The van der Waals surface area contributed by atoms with Crippen molar-refractivity contribution in [3.63, 3.8) is 0 Å². The molecule has 0 radical (unpaired) electrons. The number of rotatable bonds is 1. The molecule has 0 fully saturated rings. The molecule has 0 bridgehead atoms. The van der Waals surface area contributed by atoms with Crippen LogP contribution in [0, 0.1) is 0 Å². The molecule has 12 N–H and O–H groups in total. The van der Waals surface area contributed by atoms with Crippen molar-refractivity contribution in [2.75, 3.05) is 84.6 Å². The lowest BCUT2D eigenvalue weighted by Crippen LogP contribution is -3.00. The van der Waals surface area contributed by atoms with Crippen molar-refractivity contribution in [3.8, 4) is 0 Å². The van der Waals surface area contributed by atoms with Gasteiger partial charge in [0.15, 0.2) is 0 Å². The summed E-state index contributed by atoms with van der Waals surface area (Å²) in [6.45, 7) is 1.57. The number of quaternary nitrogens is 6. The zero-order valence-corrected chi connectivity index (χ0v) is 22.7. The van der Waals surface area contributed by atoms with Gasteiger partial charge in [0.2, 0.25) is 0 Å². The van der Waals surface area contributed by atoms with Crippen molar-refractivity contribution in [1.29, 1.82) is 0 Å². The number of hydrogen-bond donors (Lipinski definition) is 6. The molecule has 0 saturated carbocycles. The van der Waals surface area contributed by atoms with Gasteiger partial charge in [-0.2, -0.15) is 7.82 Å². The largest absolute Gasteiger partial charge is 1.00 e. The van der Waals surface area contributed by atoms with Crippen LogP contribution in [-0.4, -0.2) is 90.9 Å². The summed E-state index contributed by atoms with van der Waals surface area (Å²) in [6.07, 6.45) is -1.42. The highest BCUT2D eigenvalue weighted by Gasteiger charge is 1.57. The molecule has 0 spiro atoms. The van der Waals surface area contributed by atoms with E-state index < -0.39 is 14.1 Å². The number of nitrogens with two attached hydrogens (primary N) is 6. The maximum absolute atomic E-state index is 9.34. The van der Waals surface area contributed by atoms with Gasteiger partial charge in [0.1, 0.15) is 0 Å². The van der Waals surface area contributed by atoms with Crippen molar-refractivity contribution >= 4 is 7.82 Å². The van der Waals surface area contributed by atoms with Crippen LogP contribution in [0.5, 0.6) is 0 Å². The van der Waals surface area contributed by atoms with Crippen LogP contribution in [0.1, 0.15) is 13.3 Å². The third-order valence-corrected chi connectivity index (χ3v) is 0.333. The van der Waals surface area contributed by atoms with Gasteiger partial charge in [-0.3, -0.25) is 0 Å². The first-order valence-electron chi connectivity index (χ1n) is 9.25. The van der Waals surface area contributed by atoms with E-state index in [9.17, 15) is 10.2 Å². The van der Waals surface area contributed by atoms with Crippen LogP contribution in [0.4, 0.5) is 0 Å². The van der Waals surface area contributed by atoms with E-state index in [0.717, 1.165) is 0 Å². The Kier molecular flexibility index (Phi) is 156. The second-order valence-electron chi connectivity index (χ2n) is 4.75. The van der Waals surface area contributed by atoms with Gasteiger partial charge in [-0.25, -0.2) is 6.29 Å². The second-order valence-corrected chi connectivity index (χ2v) is 5.64. The van der Waals surface area contributed by atoms with Crippen molar-refractivity contribution in [2.24, 2.45) is 0 Å². The van der Waals surface area contributed by atoms with Crippen LogP contribution in [-0.2, 0) is 4.57 Å². The average molecular weight is 481 g/mol. The first-order chi connectivity index (χ1) is 12.8. The van der Waals surface area contributed by atoms with Crippen LogP contribution in [0.2, 0.25) is 0 Å². The minimum atomic E-state index is -5.39. The molecular weight excluding hydrogens is 427 g/mol. The fourth-order valence-corrected chi connectivity index (χ4v) is 0. The lowest BCUT2D eigenvalue weighted by molar-refractivity contribution is -0.657. The quantitative estimate of drug-likeness (QED) is 0.157. The van der Waals surface area contributed by atoms with Gasteiger partial charge >= 0.3 is 0 Å². The zero-order valence-electron chi connectivity index (χ0n) is 21.0. The Morgan fingerprint density at radius 1 is 0.586 bits per heavy atom. The molecule has 14 heteroatoms. The van der Waals surface area contributed by atoms with Gasteiger partial charge in [0, 0.05) is 0 Å². The van der Waals surface area contributed by atoms with E-state index in [-0.39, 0.29) is 18.8 Å².